The lowest BCUT2D eigenvalue weighted by molar-refractivity contribution is -0.136. The van der Waals surface area contributed by atoms with E-state index < -0.39 is 5.97 Å². The minimum absolute atomic E-state index is 0.0330. The number of hydrogen-bond donors (Lipinski definition) is 1. The number of carboxylic acid groups (broad SMARTS) is 1. The lowest BCUT2D eigenvalue weighted by Crippen LogP contribution is -2.21. The van der Waals surface area contributed by atoms with Crippen molar-refractivity contribution >= 4 is 27.9 Å². The van der Waals surface area contributed by atoms with E-state index in [4.69, 9.17) is 14.5 Å². The van der Waals surface area contributed by atoms with Crippen molar-refractivity contribution in [2.75, 3.05) is 0 Å². The first-order valence-corrected chi connectivity index (χ1v) is 14.8. The number of aryl methyl sites for hydroxylation is 1. The van der Waals surface area contributed by atoms with Crippen LogP contribution in [0.5, 0.6) is 11.8 Å². The summed E-state index contributed by atoms with van der Waals surface area (Å²) < 4.78 is 17.5. The number of ether oxygens (including phenoxy) is 2. The van der Waals surface area contributed by atoms with E-state index in [1.807, 2.05) is 114 Å². The minimum atomic E-state index is -0.868. The summed E-state index contributed by atoms with van der Waals surface area (Å²) in [6, 6.07) is 36.6. The molecule has 0 aliphatic carbocycles. The molecule has 3 heterocycles. The summed E-state index contributed by atoms with van der Waals surface area (Å²) in [6.45, 7) is 0.610. The summed E-state index contributed by atoms with van der Waals surface area (Å²) in [5.74, 6) is -0.202. The molecular weight excluding hydrogens is 580 g/mol. The molecule has 0 radical (unpaired) electrons. The average Bonchev–Trinajstić information content (AvgIpc) is 3.61. The summed E-state index contributed by atoms with van der Waals surface area (Å²) in [7, 11) is 1.74. The predicted molar refractivity (Wildman–Crippen MR) is 176 cm³/mol. The maximum atomic E-state index is 13.8. The van der Waals surface area contributed by atoms with Crippen LogP contribution in [-0.4, -0.2) is 29.8 Å². The fourth-order valence-electron chi connectivity index (χ4n) is 5.64. The van der Waals surface area contributed by atoms with Crippen LogP contribution in [0.1, 0.15) is 16.7 Å². The van der Waals surface area contributed by atoms with Crippen LogP contribution in [0.2, 0.25) is 0 Å². The van der Waals surface area contributed by atoms with Crippen LogP contribution in [0.15, 0.2) is 126 Å². The SMILES string of the molecule is Cn1c(=O)n(-c2ccc(OCc3ccccc3)nc2OCc2ccccc2)c2ccc(-n3ccc4cc(CC(=O)O)ccc43)cc21. The second-order valence-corrected chi connectivity index (χ2v) is 11.0. The highest BCUT2D eigenvalue weighted by molar-refractivity contribution is 5.86. The average molecular weight is 611 g/mol. The number of fused-ring (bicyclic) bond motifs is 2. The van der Waals surface area contributed by atoms with E-state index >= 15 is 0 Å². The number of imidazole rings is 1. The molecule has 0 amide bonds. The Morgan fingerprint density at radius 2 is 1.43 bits per heavy atom. The number of aliphatic carboxylic acids is 1. The van der Waals surface area contributed by atoms with Gasteiger partial charge in [0.05, 0.1) is 23.0 Å². The van der Waals surface area contributed by atoms with Crippen LogP contribution in [0.4, 0.5) is 0 Å². The Bertz CT molecular complexity index is 2250. The molecule has 9 heteroatoms. The second kappa shape index (κ2) is 12.1. The van der Waals surface area contributed by atoms with Gasteiger partial charge in [0.2, 0.25) is 11.8 Å². The molecular formula is C37H30N4O5. The van der Waals surface area contributed by atoms with E-state index in [0.717, 1.165) is 38.8 Å². The van der Waals surface area contributed by atoms with Gasteiger partial charge in [-0.1, -0.05) is 66.7 Å². The maximum Gasteiger partial charge on any atom is 0.333 e. The number of hydrogen-bond acceptors (Lipinski definition) is 5. The Morgan fingerprint density at radius 1 is 0.739 bits per heavy atom. The highest BCUT2D eigenvalue weighted by atomic mass is 16.5. The third-order valence-electron chi connectivity index (χ3n) is 7.93. The predicted octanol–water partition coefficient (Wildman–Crippen LogP) is 6.45. The second-order valence-electron chi connectivity index (χ2n) is 11.0. The van der Waals surface area contributed by atoms with Crippen LogP contribution in [0.25, 0.3) is 33.3 Å². The number of rotatable bonds is 10. The van der Waals surface area contributed by atoms with Crippen molar-refractivity contribution in [3.8, 4) is 23.1 Å². The van der Waals surface area contributed by atoms with Gasteiger partial charge < -0.3 is 19.1 Å². The zero-order valence-electron chi connectivity index (χ0n) is 25.0. The minimum Gasteiger partial charge on any atom is -0.481 e. The van der Waals surface area contributed by atoms with E-state index in [1.54, 1.807) is 28.3 Å². The Labute approximate surface area is 264 Å². The monoisotopic (exact) mass is 610 g/mol. The van der Waals surface area contributed by atoms with Gasteiger partial charge in [-0.15, -0.1) is 0 Å². The summed E-state index contributed by atoms with van der Waals surface area (Å²) >= 11 is 0. The van der Waals surface area contributed by atoms with E-state index in [1.165, 1.54) is 0 Å². The molecule has 228 valence electrons. The van der Waals surface area contributed by atoms with Gasteiger partial charge in [-0.3, -0.25) is 13.9 Å². The third-order valence-corrected chi connectivity index (χ3v) is 7.93. The highest BCUT2D eigenvalue weighted by Crippen LogP contribution is 2.30. The van der Waals surface area contributed by atoms with Gasteiger partial charge >= 0.3 is 11.7 Å². The van der Waals surface area contributed by atoms with Crippen molar-refractivity contribution in [3.63, 3.8) is 0 Å². The Morgan fingerprint density at radius 3 is 2.15 bits per heavy atom. The Hall–Kier alpha value is -6.09. The first-order chi connectivity index (χ1) is 22.4. The summed E-state index contributed by atoms with van der Waals surface area (Å²) in [5, 5.41) is 10.1. The molecule has 0 unspecified atom stereocenters. The number of pyridine rings is 1. The van der Waals surface area contributed by atoms with Crippen LogP contribution in [0, 0.1) is 0 Å². The smallest absolute Gasteiger partial charge is 0.333 e. The van der Waals surface area contributed by atoms with Crippen LogP contribution >= 0.6 is 0 Å². The van der Waals surface area contributed by atoms with Gasteiger partial charge in [0.15, 0.2) is 0 Å². The zero-order valence-corrected chi connectivity index (χ0v) is 25.0. The molecule has 4 aromatic carbocycles. The molecule has 7 aromatic rings. The van der Waals surface area contributed by atoms with Crippen molar-refractivity contribution in [2.24, 2.45) is 7.05 Å². The van der Waals surface area contributed by atoms with E-state index in [2.05, 4.69) is 0 Å². The van der Waals surface area contributed by atoms with Gasteiger partial charge in [0.1, 0.15) is 18.9 Å². The first kappa shape index (κ1) is 28.7. The van der Waals surface area contributed by atoms with Gasteiger partial charge in [0.25, 0.3) is 0 Å². The molecule has 3 aromatic heterocycles. The maximum absolute atomic E-state index is 13.8. The summed E-state index contributed by atoms with van der Waals surface area (Å²) in [4.78, 5) is 29.7. The van der Waals surface area contributed by atoms with E-state index in [9.17, 15) is 14.7 Å². The largest absolute Gasteiger partial charge is 0.481 e. The van der Waals surface area contributed by atoms with Gasteiger partial charge in [-0.05, 0) is 59.2 Å². The molecule has 0 atom stereocenters. The standard InChI is InChI=1S/C37H30N4O5/c1-39-33-22-29(40-19-18-28-20-27(21-35(42)43)12-14-30(28)40)13-15-31(33)41(37(39)44)32-16-17-34(45-23-25-8-4-2-5-9-25)38-36(32)46-24-26-10-6-3-7-11-26/h2-20,22H,21,23-24H2,1H3,(H,42,43). The van der Waals surface area contributed by atoms with Crippen molar-refractivity contribution in [2.45, 2.75) is 19.6 Å². The molecule has 7 rings (SSSR count). The van der Waals surface area contributed by atoms with Crippen LogP contribution in [0.3, 0.4) is 0 Å². The zero-order chi connectivity index (χ0) is 31.6. The normalized spacial score (nSPS) is 11.2. The fourth-order valence-corrected chi connectivity index (χ4v) is 5.64. The van der Waals surface area contributed by atoms with Gasteiger partial charge in [0, 0.05) is 30.4 Å². The molecule has 0 aliphatic heterocycles. The lowest BCUT2D eigenvalue weighted by atomic mass is 10.1. The van der Waals surface area contributed by atoms with Crippen molar-refractivity contribution in [1.29, 1.82) is 0 Å². The summed E-state index contributed by atoms with van der Waals surface area (Å²) in [5.41, 5.74) is 6.20. The van der Waals surface area contributed by atoms with Crippen molar-refractivity contribution < 1.29 is 19.4 Å². The number of aromatic nitrogens is 4. The summed E-state index contributed by atoms with van der Waals surface area (Å²) in [6.07, 6.45) is 1.91. The number of benzene rings is 4. The fraction of sp³-hybridized carbons (Fsp3) is 0.108. The van der Waals surface area contributed by atoms with Gasteiger partial charge in [-0.2, -0.15) is 4.98 Å². The quantitative estimate of drug-likeness (QED) is 0.191. The van der Waals surface area contributed by atoms with Crippen molar-refractivity contribution in [1.82, 2.24) is 18.7 Å². The molecule has 0 fully saturated rings. The van der Waals surface area contributed by atoms with Gasteiger partial charge in [-0.25, -0.2) is 4.79 Å². The molecule has 9 nitrogen and oxygen atoms in total. The molecule has 0 saturated carbocycles. The van der Waals surface area contributed by atoms with Crippen LogP contribution in [-0.2, 0) is 31.5 Å². The molecule has 0 aliphatic rings. The number of carbonyl (C=O) groups is 1. The molecule has 0 saturated heterocycles. The van der Waals surface area contributed by atoms with E-state index in [0.29, 0.717) is 23.7 Å². The lowest BCUT2D eigenvalue weighted by Gasteiger charge is -2.14. The van der Waals surface area contributed by atoms with Crippen LogP contribution < -0.4 is 15.2 Å². The Balaban J connectivity index is 1.27. The molecule has 1 N–H and O–H groups in total. The number of nitrogens with zero attached hydrogens (tertiary/aromatic N) is 4. The highest BCUT2D eigenvalue weighted by Gasteiger charge is 2.19. The Kier molecular flexibility index (Phi) is 7.56. The molecule has 0 bridgehead atoms. The number of carboxylic acids is 1. The third kappa shape index (κ3) is 5.61. The first-order valence-electron chi connectivity index (χ1n) is 14.8. The molecule has 46 heavy (non-hydrogen) atoms. The molecule has 0 spiro atoms. The van der Waals surface area contributed by atoms with E-state index in [-0.39, 0.29) is 24.6 Å². The topological polar surface area (TPSA) is 101 Å². The van der Waals surface area contributed by atoms with Crippen molar-refractivity contribution in [3.05, 3.63) is 149 Å².